The van der Waals surface area contributed by atoms with E-state index in [2.05, 4.69) is 10.1 Å². The molecular formula is C21H17NO5. The molecule has 0 heterocycles. The zero-order valence-corrected chi connectivity index (χ0v) is 14.5. The zero-order valence-electron chi connectivity index (χ0n) is 14.5. The summed E-state index contributed by atoms with van der Waals surface area (Å²) < 4.78 is 10.3. The van der Waals surface area contributed by atoms with Crippen molar-refractivity contribution >= 4 is 17.6 Å². The Balaban J connectivity index is 1.79. The van der Waals surface area contributed by atoms with Crippen molar-refractivity contribution in [3.8, 4) is 17.2 Å². The molecule has 0 fully saturated rings. The minimum absolute atomic E-state index is 0.0311. The van der Waals surface area contributed by atoms with Crippen molar-refractivity contribution < 1.29 is 24.2 Å². The van der Waals surface area contributed by atoms with Crippen molar-refractivity contribution in [3.05, 3.63) is 83.9 Å². The quantitative estimate of drug-likeness (QED) is 0.524. The highest BCUT2D eigenvalue weighted by molar-refractivity contribution is 6.06. The molecule has 1 amide bonds. The van der Waals surface area contributed by atoms with E-state index >= 15 is 0 Å². The first kappa shape index (κ1) is 18.0. The number of hydrogen-bond donors (Lipinski definition) is 2. The van der Waals surface area contributed by atoms with Crippen LogP contribution in [0, 0.1) is 0 Å². The number of methoxy groups -OCH3 is 1. The molecule has 6 nitrogen and oxygen atoms in total. The fourth-order valence-electron chi connectivity index (χ4n) is 2.44. The molecule has 3 aromatic carbocycles. The maximum absolute atomic E-state index is 12.5. The molecule has 2 N–H and O–H groups in total. The third-order valence-electron chi connectivity index (χ3n) is 3.76. The van der Waals surface area contributed by atoms with Gasteiger partial charge in [0.2, 0.25) is 0 Å². The molecule has 0 saturated carbocycles. The molecule has 27 heavy (non-hydrogen) atoms. The average molecular weight is 363 g/mol. The lowest BCUT2D eigenvalue weighted by Crippen LogP contribution is -2.13. The lowest BCUT2D eigenvalue weighted by Gasteiger charge is -2.11. The number of hydrogen-bond acceptors (Lipinski definition) is 5. The van der Waals surface area contributed by atoms with Gasteiger partial charge in [0.15, 0.2) is 5.75 Å². The number of carbonyl (C=O) groups excluding carboxylic acids is 2. The molecule has 0 saturated heterocycles. The molecule has 0 aliphatic heterocycles. The maximum Gasteiger partial charge on any atom is 0.341 e. The topological polar surface area (TPSA) is 84.9 Å². The van der Waals surface area contributed by atoms with E-state index in [1.54, 1.807) is 24.3 Å². The molecule has 0 radical (unpaired) electrons. The molecule has 3 aromatic rings. The van der Waals surface area contributed by atoms with Crippen LogP contribution in [0.25, 0.3) is 0 Å². The Hall–Kier alpha value is -3.80. The fraction of sp³-hybridized carbons (Fsp3) is 0.0476. The van der Waals surface area contributed by atoms with Crippen LogP contribution in [0.1, 0.15) is 20.7 Å². The van der Waals surface area contributed by atoms with Crippen molar-refractivity contribution in [2.75, 3.05) is 12.4 Å². The van der Waals surface area contributed by atoms with Gasteiger partial charge in [-0.1, -0.05) is 30.3 Å². The van der Waals surface area contributed by atoms with Crippen LogP contribution in [0.15, 0.2) is 72.8 Å². The van der Waals surface area contributed by atoms with Crippen LogP contribution < -0.4 is 10.1 Å². The smallest absolute Gasteiger partial charge is 0.341 e. The van der Waals surface area contributed by atoms with E-state index in [0.29, 0.717) is 17.1 Å². The van der Waals surface area contributed by atoms with Gasteiger partial charge >= 0.3 is 5.97 Å². The summed E-state index contributed by atoms with van der Waals surface area (Å²) >= 11 is 0. The second-order valence-electron chi connectivity index (χ2n) is 5.59. The molecule has 0 aliphatic carbocycles. The summed E-state index contributed by atoms with van der Waals surface area (Å²) in [5.41, 5.74) is 0.417. The number of para-hydroxylation sites is 2. The number of benzene rings is 3. The van der Waals surface area contributed by atoms with Gasteiger partial charge in [0.25, 0.3) is 5.91 Å². The highest BCUT2D eigenvalue weighted by atomic mass is 16.5. The minimum Gasteiger partial charge on any atom is -0.505 e. The van der Waals surface area contributed by atoms with Gasteiger partial charge in [-0.15, -0.1) is 0 Å². The summed E-state index contributed by atoms with van der Waals surface area (Å²) in [7, 11) is 1.21. The third kappa shape index (κ3) is 4.24. The predicted molar refractivity (Wildman–Crippen MR) is 100 cm³/mol. The van der Waals surface area contributed by atoms with E-state index in [9.17, 15) is 14.7 Å². The van der Waals surface area contributed by atoms with Crippen LogP contribution in [-0.2, 0) is 4.74 Å². The Labute approximate surface area is 156 Å². The second kappa shape index (κ2) is 8.05. The lowest BCUT2D eigenvalue weighted by molar-refractivity contribution is 0.0597. The van der Waals surface area contributed by atoms with Gasteiger partial charge in [-0.25, -0.2) is 4.79 Å². The van der Waals surface area contributed by atoms with Crippen molar-refractivity contribution in [1.29, 1.82) is 0 Å². The van der Waals surface area contributed by atoms with Crippen molar-refractivity contribution in [1.82, 2.24) is 0 Å². The van der Waals surface area contributed by atoms with E-state index in [1.165, 1.54) is 25.3 Å². The number of amides is 1. The van der Waals surface area contributed by atoms with Crippen molar-refractivity contribution in [2.45, 2.75) is 0 Å². The van der Waals surface area contributed by atoms with Crippen molar-refractivity contribution in [3.63, 3.8) is 0 Å². The number of phenols is 1. The highest BCUT2D eigenvalue weighted by Gasteiger charge is 2.17. The summed E-state index contributed by atoms with van der Waals surface area (Å²) in [5, 5.41) is 12.8. The number of esters is 1. The minimum atomic E-state index is -0.693. The van der Waals surface area contributed by atoms with E-state index in [0.717, 1.165) is 0 Å². The first-order valence-corrected chi connectivity index (χ1v) is 8.13. The lowest BCUT2D eigenvalue weighted by atomic mass is 10.1. The van der Waals surface area contributed by atoms with E-state index in [1.807, 2.05) is 30.3 Å². The van der Waals surface area contributed by atoms with Crippen LogP contribution >= 0.6 is 0 Å². The standard InChI is InChI=1S/C21H17NO5/c1-26-21(25)17-11-6-12-18(19(17)23)22-20(24)14-7-5-10-16(13-14)27-15-8-3-2-4-9-15/h2-13,23H,1H3,(H,22,24). The van der Waals surface area contributed by atoms with Gasteiger partial charge in [0.1, 0.15) is 17.1 Å². The van der Waals surface area contributed by atoms with Gasteiger partial charge in [0.05, 0.1) is 12.8 Å². The van der Waals surface area contributed by atoms with E-state index in [4.69, 9.17) is 4.74 Å². The summed E-state index contributed by atoms with van der Waals surface area (Å²) in [4.78, 5) is 24.2. The molecule has 0 aliphatic rings. The highest BCUT2D eigenvalue weighted by Crippen LogP contribution is 2.29. The van der Waals surface area contributed by atoms with E-state index in [-0.39, 0.29) is 17.0 Å². The van der Waals surface area contributed by atoms with Gasteiger partial charge in [-0.3, -0.25) is 4.79 Å². The Morgan fingerprint density at radius 2 is 1.59 bits per heavy atom. The molecule has 0 spiro atoms. The summed E-state index contributed by atoms with van der Waals surface area (Å²) in [6, 6.07) is 20.3. The molecule has 136 valence electrons. The number of ether oxygens (including phenoxy) is 2. The monoisotopic (exact) mass is 363 g/mol. The van der Waals surface area contributed by atoms with Crippen LogP contribution in [-0.4, -0.2) is 24.1 Å². The van der Waals surface area contributed by atoms with E-state index < -0.39 is 11.9 Å². The van der Waals surface area contributed by atoms with Gasteiger partial charge in [0, 0.05) is 5.56 Å². The second-order valence-corrected chi connectivity index (χ2v) is 5.59. The van der Waals surface area contributed by atoms with Crippen LogP contribution in [0.3, 0.4) is 0 Å². The number of nitrogens with one attached hydrogen (secondary N) is 1. The van der Waals surface area contributed by atoms with Gasteiger partial charge in [-0.2, -0.15) is 0 Å². The first-order valence-electron chi connectivity index (χ1n) is 8.13. The largest absolute Gasteiger partial charge is 0.505 e. The Bertz CT molecular complexity index is 969. The predicted octanol–water partition coefficient (Wildman–Crippen LogP) is 4.22. The number of anilines is 1. The number of rotatable bonds is 5. The molecular weight excluding hydrogens is 346 g/mol. The normalized spacial score (nSPS) is 10.1. The summed E-state index contributed by atoms with van der Waals surface area (Å²) in [6.07, 6.45) is 0. The Morgan fingerprint density at radius 3 is 2.33 bits per heavy atom. The van der Waals surface area contributed by atoms with Crippen LogP contribution in [0.2, 0.25) is 0 Å². The SMILES string of the molecule is COC(=O)c1cccc(NC(=O)c2cccc(Oc3ccccc3)c2)c1O. The van der Waals surface area contributed by atoms with Gasteiger partial charge in [-0.05, 0) is 42.5 Å². The Kier molecular flexibility index (Phi) is 5.37. The molecule has 0 atom stereocenters. The molecule has 0 unspecified atom stereocenters. The third-order valence-corrected chi connectivity index (χ3v) is 3.76. The summed E-state index contributed by atoms with van der Waals surface area (Å²) in [5.74, 6) is -0.345. The van der Waals surface area contributed by atoms with Crippen LogP contribution in [0.4, 0.5) is 5.69 Å². The molecule has 0 aromatic heterocycles. The maximum atomic E-state index is 12.5. The zero-order chi connectivity index (χ0) is 19.2. The molecule has 6 heteroatoms. The molecule has 0 bridgehead atoms. The van der Waals surface area contributed by atoms with Crippen molar-refractivity contribution in [2.24, 2.45) is 0 Å². The molecule has 3 rings (SSSR count). The Morgan fingerprint density at radius 1 is 0.889 bits per heavy atom. The average Bonchev–Trinajstić information content (AvgIpc) is 2.70. The van der Waals surface area contributed by atoms with Crippen LogP contribution in [0.5, 0.6) is 17.2 Å². The number of aromatic hydroxyl groups is 1. The summed E-state index contributed by atoms with van der Waals surface area (Å²) in [6.45, 7) is 0. The number of phenolic OH excluding ortho intramolecular Hbond substituents is 1. The van der Waals surface area contributed by atoms with Gasteiger partial charge < -0.3 is 19.9 Å². The fourth-order valence-corrected chi connectivity index (χ4v) is 2.44. The number of carbonyl (C=O) groups is 2. The first-order chi connectivity index (χ1) is 13.1.